The van der Waals surface area contributed by atoms with Crippen LogP contribution in [0.3, 0.4) is 0 Å². The summed E-state index contributed by atoms with van der Waals surface area (Å²) >= 11 is 0. The molecule has 1 aliphatic rings. The average molecular weight is 304 g/mol. The quantitative estimate of drug-likeness (QED) is 0.729. The number of nitrogens with zero attached hydrogens (tertiary/aromatic N) is 1. The van der Waals surface area contributed by atoms with Crippen LogP contribution in [0, 0.1) is 5.92 Å². The van der Waals surface area contributed by atoms with Gasteiger partial charge in [-0.05, 0) is 26.2 Å². The summed E-state index contributed by atoms with van der Waals surface area (Å²) in [5.41, 5.74) is 0. The maximum Gasteiger partial charge on any atom is 0.223 e. The summed E-state index contributed by atoms with van der Waals surface area (Å²) in [4.78, 5) is 12.1. The van der Waals surface area contributed by atoms with E-state index in [2.05, 4.69) is 12.2 Å². The third-order valence-corrected chi connectivity index (χ3v) is 5.23. The monoisotopic (exact) mass is 304 g/mol. The van der Waals surface area contributed by atoms with Gasteiger partial charge in [0.05, 0.1) is 6.26 Å². The van der Waals surface area contributed by atoms with Crippen molar-refractivity contribution in [2.45, 2.75) is 58.4 Å². The highest BCUT2D eigenvalue weighted by Gasteiger charge is 2.29. The molecule has 118 valence electrons. The van der Waals surface area contributed by atoms with Gasteiger partial charge in [0.1, 0.15) is 0 Å². The fourth-order valence-electron chi connectivity index (χ4n) is 2.58. The minimum atomic E-state index is -3.11. The Balaban J connectivity index is 2.32. The van der Waals surface area contributed by atoms with Crippen LogP contribution < -0.4 is 5.32 Å². The van der Waals surface area contributed by atoms with Crippen LogP contribution in [0.15, 0.2) is 0 Å². The largest absolute Gasteiger partial charge is 0.353 e. The zero-order chi connectivity index (χ0) is 15.2. The smallest absolute Gasteiger partial charge is 0.223 e. The van der Waals surface area contributed by atoms with Crippen molar-refractivity contribution >= 4 is 15.9 Å². The number of unbranched alkanes of at least 4 members (excludes halogenated alkanes) is 2. The van der Waals surface area contributed by atoms with E-state index in [1.807, 2.05) is 6.92 Å². The van der Waals surface area contributed by atoms with Crippen molar-refractivity contribution in [3.05, 3.63) is 0 Å². The van der Waals surface area contributed by atoms with Crippen LogP contribution in [0.25, 0.3) is 0 Å². The molecule has 1 amide bonds. The molecule has 5 nitrogen and oxygen atoms in total. The van der Waals surface area contributed by atoms with Crippen LogP contribution in [0.5, 0.6) is 0 Å². The second kappa shape index (κ2) is 7.98. The molecule has 1 heterocycles. The molecule has 1 fully saturated rings. The van der Waals surface area contributed by atoms with Gasteiger partial charge in [-0.1, -0.05) is 26.2 Å². The highest BCUT2D eigenvalue weighted by molar-refractivity contribution is 7.88. The first-order valence-electron chi connectivity index (χ1n) is 7.60. The lowest BCUT2D eigenvalue weighted by molar-refractivity contribution is -0.126. The van der Waals surface area contributed by atoms with Gasteiger partial charge in [-0.3, -0.25) is 4.79 Å². The molecule has 20 heavy (non-hydrogen) atoms. The number of hydrogen-bond donors (Lipinski definition) is 1. The van der Waals surface area contributed by atoms with E-state index in [1.54, 1.807) is 0 Å². The number of piperidine rings is 1. The van der Waals surface area contributed by atoms with Crippen LogP contribution in [0.4, 0.5) is 0 Å². The van der Waals surface area contributed by atoms with Crippen LogP contribution in [0.1, 0.15) is 52.4 Å². The molecule has 1 aliphatic heterocycles. The third-order valence-electron chi connectivity index (χ3n) is 3.92. The Hall–Kier alpha value is -0.620. The van der Waals surface area contributed by atoms with E-state index in [4.69, 9.17) is 0 Å². The highest BCUT2D eigenvalue weighted by atomic mass is 32.2. The van der Waals surface area contributed by atoms with Crippen molar-refractivity contribution in [1.82, 2.24) is 9.62 Å². The first-order chi connectivity index (χ1) is 9.34. The molecular weight excluding hydrogens is 276 g/mol. The van der Waals surface area contributed by atoms with E-state index >= 15 is 0 Å². The van der Waals surface area contributed by atoms with Gasteiger partial charge in [0.15, 0.2) is 0 Å². The minimum Gasteiger partial charge on any atom is -0.353 e. The number of carbonyl (C=O) groups excluding carboxylic acids is 1. The van der Waals surface area contributed by atoms with Crippen molar-refractivity contribution in [2.75, 3.05) is 19.3 Å². The van der Waals surface area contributed by atoms with E-state index < -0.39 is 10.0 Å². The van der Waals surface area contributed by atoms with E-state index in [-0.39, 0.29) is 17.9 Å². The Labute approximate surface area is 123 Å². The summed E-state index contributed by atoms with van der Waals surface area (Å²) < 4.78 is 24.3. The molecule has 1 N–H and O–H groups in total. The van der Waals surface area contributed by atoms with Crippen molar-refractivity contribution in [3.63, 3.8) is 0 Å². The molecular formula is C14H28N2O3S. The van der Waals surface area contributed by atoms with Gasteiger partial charge in [0, 0.05) is 25.0 Å². The van der Waals surface area contributed by atoms with Gasteiger partial charge in [-0.2, -0.15) is 0 Å². The summed E-state index contributed by atoms with van der Waals surface area (Å²) in [6.07, 6.45) is 7.02. The van der Waals surface area contributed by atoms with Crippen molar-refractivity contribution in [1.29, 1.82) is 0 Å². The van der Waals surface area contributed by atoms with Gasteiger partial charge >= 0.3 is 0 Å². The van der Waals surface area contributed by atoms with Crippen LogP contribution >= 0.6 is 0 Å². The maximum atomic E-state index is 12.1. The Kier molecular flexibility index (Phi) is 6.95. The third kappa shape index (κ3) is 5.79. The zero-order valence-electron chi connectivity index (χ0n) is 12.9. The van der Waals surface area contributed by atoms with E-state index in [9.17, 15) is 13.2 Å². The maximum absolute atomic E-state index is 12.1. The molecule has 1 saturated heterocycles. The lowest BCUT2D eigenvalue weighted by Gasteiger charge is -2.30. The topological polar surface area (TPSA) is 66.5 Å². The predicted octanol–water partition coefficient (Wildman–Crippen LogP) is 1.74. The molecule has 0 radical (unpaired) electrons. The number of amides is 1. The summed E-state index contributed by atoms with van der Waals surface area (Å²) in [6, 6.07) is 0.210. The van der Waals surface area contributed by atoms with Gasteiger partial charge in [0.2, 0.25) is 15.9 Å². The summed E-state index contributed by atoms with van der Waals surface area (Å²) in [7, 11) is -3.11. The Bertz CT molecular complexity index is 401. The van der Waals surface area contributed by atoms with Crippen molar-refractivity contribution in [2.24, 2.45) is 5.92 Å². The van der Waals surface area contributed by atoms with Crippen molar-refractivity contribution in [3.8, 4) is 0 Å². The molecule has 6 heteroatoms. The Morgan fingerprint density at radius 1 is 1.30 bits per heavy atom. The van der Waals surface area contributed by atoms with E-state index in [0.29, 0.717) is 25.9 Å². The second-order valence-corrected chi connectivity index (χ2v) is 7.82. The molecule has 1 unspecified atom stereocenters. The van der Waals surface area contributed by atoms with Gasteiger partial charge in [0.25, 0.3) is 0 Å². The molecule has 0 aliphatic carbocycles. The number of hydrogen-bond acceptors (Lipinski definition) is 3. The lowest BCUT2D eigenvalue weighted by atomic mass is 9.96. The number of sulfonamides is 1. The number of carbonyl (C=O) groups is 1. The molecule has 0 aromatic rings. The SMILES string of the molecule is CCCCCC(C)NC(=O)C1CCN(S(C)(=O)=O)CC1. The highest BCUT2D eigenvalue weighted by Crippen LogP contribution is 2.19. The predicted molar refractivity (Wildman–Crippen MR) is 80.9 cm³/mol. The Morgan fingerprint density at radius 3 is 2.40 bits per heavy atom. The van der Waals surface area contributed by atoms with E-state index in [0.717, 1.165) is 12.8 Å². The van der Waals surface area contributed by atoms with Gasteiger partial charge < -0.3 is 5.32 Å². The minimum absolute atomic E-state index is 0.0402. The van der Waals surface area contributed by atoms with Crippen molar-refractivity contribution < 1.29 is 13.2 Å². The van der Waals surface area contributed by atoms with Crippen LogP contribution in [0.2, 0.25) is 0 Å². The molecule has 0 aromatic heterocycles. The van der Waals surface area contributed by atoms with Gasteiger partial charge in [-0.15, -0.1) is 0 Å². The normalized spacial score (nSPS) is 19.8. The first-order valence-corrected chi connectivity index (χ1v) is 9.45. The van der Waals surface area contributed by atoms with Crippen LogP contribution in [-0.4, -0.2) is 44.0 Å². The van der Waals surface area contributed by atoms with Crippen LogP contribution in [-0.2, 0) is 14.8 Å². The molecule has 0 bridgehead atoms. The molecule has 0 aromatic carbocycles. The summed E-state index contributed by atoms with van der Waals surface area (Å²) in [6.45, 7) is 5.13. The second-order valence-electron chi connectivity index (χ2n) is 5.84. The standard InChI is InChI=1S/C14H28N2O3S/c1-4-5-6-7-12(2)15-14(17)13-8-10-16(11-9-13)20(3,18)19/h12-13H,4-11H2,1-3H3,(H,15,17). The Morgan fingerprint density at radius 2 is 1.90 bits per heavy atom. The summed E-state index contributed by atoms with van der Waals surface area (Å²) in [5, 5.41) is 3.06. The zero-order valence-corrected chi connectivity index (χ0v) is 13.7. The lowest BCUT2D eigenvalue weighted by Crippen LogP contribution is -2.44. The fraction of sp³-hybridized carbons (Fsp3) is 0.929. The van der Waals surface area contributed by atoms with E-state index in [1.165, 1.54) is 23.4 Å². The number of nitrogens with one attached hydrogen (secondary N) is 1. The molecule has 0 saturated carbocycles. The number of rotatable bonds is 7. The fourth-order valence-corrected chi connectivity index (χ4v) is 3.46. The molecule has 1 atom stereocenters. The first kappa shape index (κ1) is 17.4. The molecule has 0 spiro atoms. The average Bonchev–Trinajstić information content (AvgIpc) is 2.38. The molecule has 1 rings (SSSR count). The summed E-state index contributed by atoms with van der Waals surface area (Å²) in [5.74, 6) is 0.0452. The van der Waals surface area contributed by atoms with Gasteiger partial charge in [-0.25, -0.2) is 12.7 Å².